The van der Waals surface area contributed by atoms with E-state index in [9.17, 15) is 0 Å². The quantitative estimate of drug-likeness (QED) is 0.863. The zero-order valence-electron chi connectivity index (χ0n) is 10.2. The zero-order valence-corrected chi connectivity index (χ0v) is 12.6. The predicted molar refractivity (Wildman–Crippen MR) is 78.4 cm³/mol. The Morgan fingerprint density at radius 1 is 1.50 bits per heavy atom. The van der Waals surface area contributed by atoms with Crippen LogP contribution in [0.4, 0.5) is 0 Å². The van der Waals surface area contributed by atoms with Crippen LogP contribution >= 0.6 is 28.1 Å². The first-order valence-electron chi connectivity index (χ1n) is 6.07. The van der Waals surface area contributed by atoms with Crippen LogP contribution < -0.4 is 0 Å². The predicted octanol–water partition coefficient (Wildman–Crippen LogP) is 4.03. The van der Waals surface area contributed by atoms with Gasteiger partial charge in [-0.25, -0.2) is 0 Å². The summed E-state index contributed by atoms with van der Waals surface area (Å²) in [5.41, 5.74) is 2.20. The lowest BCUT2D eigenvalue weighted by molar-refractivity contribution is -0.0830. The molecule has 0 amide bonds. The number of aromatic nitrogens is 2. The highest BCUT2D eigenvalue weighted by atomic mass is 79.9. The molecular weight excluding hydrogens is 312 g/mol. The molecule has 1 fully saturated rings. The maximum Gasteiger partial charge on any atom is 0.178 e. The second kappa shape index (κ2) is 4.47. The molecule has 2 aromatic rings. The Hall–Kier alpha value is -0.650. The minimum absolute atomic E-state index is 0.0182. The van der Waals surface area contributed by atoms with Gasteiger partial charge in [-0.2, -0.15) is 0 Å². The second-order valence-corrected chi connectivity index (χ2v) is 6.22. The van der Waals surface area contributed by atoms with E-state index in [1.54, 1.807) is 7.11 Å². The van der Waals surface area contributed by atoms with Crippen molar-refractivity contribution in [3.8, 4) is 0 Å². The van der Waals surface area contributed by atoms with Crippen molar-refractivity contribution in [3.63, 3.8) is 0 Å². The summed E-state index contributed by atoms with van der Waals surface area (Å²) in [6.45, 7) is 0.832. The lowest BCUT2D eigenvalue weighted by Gasteiger charge is -2.40. The van der Waals surface area contributed by atoms with Crippen molar-refractivity contribution >= 4 is 39.2 Å². The molecule has 0 aliphatic heterocycles. The summed E-state index contributed by atoms with van der Waals surface area (Å²) in [6.07, 6.45) is 3.48. The van der Waals surface area contributed by atoms with E-state index in [1.165, 1.54) is 6.42 Å². The summed E-state index contributed by atoms with van der Waals surface area (Å²) in [6, 6.07) is 6.17. The molecule has 0 unspecified atom stereocenters. The third-order valence-corrected chi connectivity index (χ3v) is 4.70. The van der Waals surface area contributed by atoms with Gasteiger partial charge in [0.25, 0.3) is 0 Å². The molecule has 1 saturated carbocycles. The number of hydrogen-bond donors (Lipinski definition) is 1. The van der Waals surface area contributed by atoms with Gasteiger partial charge in [-0.15, -0.1) is 0 Å². The number of halogens is 1. The Kier molecular flexibility index (Phi) is 3.08. The Balaban J connectivity index is 2.08. The molecule has 96 valence electrons. The maximum atomic E-state index is 5.69. The van der Waals surface area contributed by atoms with Crippen LogP contribution in [0.5, 0.6) is 0 Å². The van der Waals surface area contributed by atoms with Crippen molar-refractivity contribution in [2.24, 2.45) is 0 Å². The first-order valence-corrected chi connectivity index (χ1v) is 7.27. The normalized spacial score (nSPS) is 17.9. The van der Waals surface area contributed by atoms with Crippen LogP contribution in [0.1, 0.15) is 19.3 Å². The largest absolute Gasteiger partial charge is 0.376 e. The third kappa shape index (κ3) is 1.94. The average molecular weight is 327 g/mol. The van der Waals surface area contributed by atoms with Crippen molar-refractivity contribution in [2.45, 2.75) is 31.4 Å². The van der Waals surface area contributed by atoms with Crippen LogP contribution in [0.3, 0.4) is 0 Å². The van der Waals surface area contributed by atoms with Crippen LogP contribution in [0.2, 0.25) is 0 Å². The lowest BCUT2D eigenvalue weighted by Crippen LogP contribution is -2.43. The first-order chi connectivity index (χ1) is 8.63. The molecular formula is C13H15BrN2OS. The Morgan fingerprint density at radius 2 is 2.28 bits per heavy atom. The molecule has 1 aliphatic carbocycles. The van der Waals surface area contributed by atoms with Crippen molar-refractivity contribution in [3.05, 3.63) is 27.4 Å². The maximum absolute atomic E-state index is 5.69. The van der Waals surface area contributed by atoms with Gasteiger partial charge in [0.1, 0.15) is 0 Å². The van der Waals surface area contributed by atoms with E-state index in [0.717, 1.165) is 39.7 Å². The number of H-pyrrole nitrogens is 1. The van der Waals surface area contributed by atoms with Gasteiger partial charge in [0.2, 0.25) is 0 Å². The minimum atomic E-state index is -0.0182. The fourth-order valence-electron chi connectivity index (χ4n) is 2.57. The third-order valence-electron chi connectivity index (χ3n) is 3.88. The van der Waals surface area contributed by atoms with Crippen molar-refractivity contribution in [1.82, 2.24) is 9.55 Å². The highest BCUT2D eigenvalue weighted by molar-refractivity contribution is 9.10. The van der Waals surface area contributed by atoms with Gasteiger partial charge in [0, 0.05) is 11.6 Å². The van der Waals surface area contributed by atoms with Gasteiger partial charge < -0.3 is 14.3 Å². The number of hydrogen-bond acceptors (Lipinski definition) is 2. The second-order valence-electron chi connectivity index (χ2n) is 4.92. The van der Waals surface area contributed by atoms with E-state index in [0.29, 0.717) is 0 Å². The number of imidazole rings is 1. The van der Waals surface area contributed by atoms with Gasteiger partial charge in [0.15, 0.2) is 4.77 Å². The topological polar surface area (TPSA) is 29.9 Å². The molecule has 3 nitrogen and oxygen atoms in total. The summed E-state index contributed by atoms with van der Waals surface area (Å²) in [7, 11) is 1.80. The summed E-state index contributed by atoms with van der Waals surface area (Å²) >= 11 is 8.93. The van der Waals surface area contributed by atoms with Crippen molar-refractivity contribution in [2.75, 3.05) is 7.11 Å². The number of methoxy groups -OCH3 is 1. The van der Waals surface area contributed by atoms with E-state index in [2.05, 4.69) is 31.5 Å². The molecule has 1 aromatic heterocycles. The Morgan fingerprint density at radius 3 is 2.89 bits per heavy atom. The number of nitrogens with zero attached hydrogens (tertiary/aromatic N) is 1. The summed E-state index contributed by atoms with van der Waals surface area (Å²) in [5, 5.41) is 0. The molecule has 0 radical (unpaired) electrons. The smallest absolute Gasteiger partial charge is 0.178 e. The van der Waals surface area contributed by atoms with Crippen molar-refractivity contribution in [1.29, 1.82) is 0 Å². The monoisotopic (exact) mass is 326 g/mol. The lowest BCUT2D eigenvalue weighted by atomic mass is 9.80. The highest BCUT2D eigenvalue weighted by Crippen LogP contribution is 2.37. The van der Waals surface area contributed by atoms with E-state index < -0.39 is 0 Å². The molecule has 0 bridgehead atoms. The van der Waals surface area contributed by atoms with Gasteiger partial charge >= 0.3 is 0 Å². The van der Waals surface area contributed by atoms with Crippen LogP contribution in [0.15, 0.2) is 22.7 Å². The van der Waals surface area contributed by atoms with Crippen LogP contribution in [0, 0.1) is 4.77 Å². The van der Waals surface area contributed by atoms with E-state index in [4.69, 9.17) is 17.0 Å². The van der Waals surface area contributed by atoms with Crippen LogP contribution in [-0.2, 0) is 11.3 Å². The minimum Gasteiger partial charge on any atom is -0.376 e. The average Bonchev–Trinajstić information content (AvgIpc) is 2.60. The molecule has 1 aromatic carbocycles. The van der Waals surface area contributed by atoms with Gasteiger partial charge in [0.05, 0.1) is 23.2 Å². The molecule has 0 saturated heterocycles. The number of rotatable bonds is 3. The Bertz CT molecular complexity index is 636. The first kappa shape index (κ1) is 12.4. The standard InChI is InChI=1S/C13H15BrN2OS/c1-17-13(5-2-6-13)8-16-11-7-9(14)3-4-10(11)15-12(16)18/h3-4,7H,2,5-6,8H2,1H3,(H,15,18). The molecule has 0 atom stereocenters. The van der Waals surface area contributed by atoms with Crippen LogP contribution in [0.25, 0.3) is 11.0 Å². The zero-order chi connectivity index (χ0) is 12.8. The van der Waals surface area contributed by atoms with E-state index >= 15 is 0 Å². The number of benzene rings is 1. The molecule has 1 N–H and O–H groups in total. The molecule has 5 heteroatoms. The highest BCUT2D eigenvalue weighted by Gasteiger charge is 2.37. The van der Waals surface area contributed by atoms with E-state index in [-0.39, 0.29) is 5.60 Å². The fourth-order valence-corrected chi connectivity index (χ4v) is 3.19. The molecule has 1 heterocycles. The van der Waals surface area contributed by atoms with Gasteiger partial charge in [-0.3, -0.25) is 0 Å². The molecule has 18 heavy (non-hydrogen) atoms. The number of nitrogens with one attached hydrogen (secondary N) is 1. The summed E-state index contributed by atoms with van der Waals surface area (Å²) in [4.78, 5) is 3.25. The molecule has 3 rings (SSSR count). The SMILES string of the molecule is COC1(Cn2c(=S)[nH]c3ccc(Br)cc32)CCC1. The van der Waals surface area contributed by atoms with Crippen LogP contribution in [-0.4, -0.2) is 22.3 Å². The van der Waals surface area contributed by atoms with Gasteiger partial charge in [-0.05, 0) is 49.7 Å². The number of aromatic amines is 1. The van der Waals surface area contributed by atoms with Crippen molar-refractivity contribution < 1.29 is 4.74 Å². The Labute approximate surface area is 119 Å². The summed E-state index contributed by atoms with van der Waals surface area (Å²) < 4.78 is 9.68. The number of ether oxygens (including phenoxy) is 1. The molecule has 1 aliphatic rings. The summed E-state index contributed by atoms with van der Waals surface area (Å²) in [5.74, 6) is 0. The molecule has 0 spiro atoms. The van der Waals surface area contributed by atoms with Gasteiger partial charge in [-0.1, -0.05) is 15.9 Å². The fraction of sp³-hybridized carbons (Fsp3) is 0.462. The number of fused-ring (bicyclic) bond motifs is 1. The van der Waals surface area contributed by atoms with E-state index in [1.807, 2.05) is 12.1 Å².